The van der Waals surface area contributed by atoms with E-state index in [9.17, 15) is 0 Å². The number of halogens is 1. The minimum Gasteiger partial charge on any atom is -0.357 e. The normalized spacial score (nSPS) is 12.9. The fraction of sp³-hybridized carbons (Fsp3) is 0.636. The molecule has 0 radical (unpaired) electrons. The van der Waals surface area contributed by atoms with Crippen molar-refractivity contribution in [3.8, 4) is 0 Å². The van der Waals surface area contributed by atoms with Gasteiger partial charge in [-0.2, -0.15) is 0 Å². The first-order valence-corrected chi connectivity index (χ1v) is 6.87. The number of anilines is 1. The Morgan fingerprint density at radius 2 is 1.94 bits per heavy atom. The molecule has 0 saturated carbocycles. The van der Waals surface area contributed by atoms with E-state index in [0.717, 1.165) is 5.82 Å². The van der Waals surface area contributed by atoms with Crippen LogP contribution in [0.3, 0.4) is 0 Å². The fourth-order valence-corrected chi connectivity index (χ4v) is 1.92. The first-order chi connectivity index (χ1) is 7.45. The molecule has 1 aromatic rings. The predicted molar refractivity (Wildman–Crippen MR) is 71.5 cm³/mol. The summed E-state index contributed by atoms with van der Waals surface area (Å²) in [6.45, 7) is 6.57. The molecule has 0 amide bonds. The number of hydrogen-bond acceptors (Lipinski definition) is 4. The summed E-state index contributed by atoms with van der Waals surface area (Å²) < 4.78 is 0. The topological polar surface area (TPSA) is 29.0 Å². The Morgan fingerprint density at radius 1 is 1.31 bits per heavy atom. The van der Waals surface area contributed by atoms with E-state index < -0.39 is 0 Å². The zero-order valence-corrected chi connectivity index (χ0v) is 11.9. The molecule has 1 atom stereocenters. The van der Waals surface area contributed by atoms with E-state index in [1.807, 2.05) is 13.3 Å². The van der Waals surface area contributed by atoms with Gasteiger partial charge in [0, 0.05) is 19.2 Å². The van der Waals surface area contributed by atoms with Crippen molar-refractivity contribution in [1.29, 1.82) is 0 Å². The van der Waals surface area contributed by atoms with Crippen LogP contribution in [0.2, 0.25) is 5.15 Å². The molecule has 0 N–H and O–H groups in total. The predicted octanol–water partition coefficient (Wildman–Crippen LogP) is 3.33. The van der Waals surface area contributed by atoms with Gasteiger partial charge >= 0.3 is 0 Å². The highest BCUT2D eigenvalue weighted by Gasteiger charge is 2.16. The summed E-state index contributed by atoms with van der Waals surface area (Å²) in [5.41, 5.74) is 0. The van der Waals surface area contributed by atoms with Gasteiger partial charge in [0.25, 0.3) is 0 Å². The molecule has 0 aliphatic rings. The van der Waals surface area contributed by atoms with Gasteiger partial charge in [-0.15, -0.1) is 0 Å². The van der Waals surface area contributed by atoms with Gasteiger partial charge in [0.15, 0.2) is 5.16 Å². The molecule has 0 aliphatic heterocycles. The Bertz CT molecular complexity index is 357. The summed E-state index contributed by atoms with van der Waals surface area (Å²) in [5.74, 6) is 1.45. The van der Waals surface area contributed by atoms with Gasteiger partial charge in [0.1, 0.15) is 11.0 Å². The second kappa shape index (κ2) is 5.73. The molecule has 3 nitrogen and oxygen atoms in total. The molecule has 90 valence electrons. The maximum absolute atomic E-state index is 5.97. The summed E-state index contributed by atoms with van der Waals surface area (Å²) in [6.07, 6.45) is 1.95. The summed E-state index contributed by atoms with van der Waals surface area (Å²) >= 11 is 7.47. The maximum atomic E-state index is 5.97. The highest BCUT2D eigenvalue weighted by Crippen LogP contribution is 2.22. The van der Waals surface area contributed by atoms with Gasteiger partial charge in [-0.1, -0.05) is 37.2 Å². The van der Waals surface area contributed by atoms with Crippen LogP contribution in [0.4, 0.5) is 5.82 Å². The van der Waals surface area contributed by atoms with E-state index >= 15 is 0 Å². The SMILES string of the molecule is CSc1nc(Cl)cc(N(C)C(C)C(C)C)n1. The van der Waals surface area contributed by atoms with Crippen LogP contribution >= 0.6 is 23.4 Å². The van der Waals surface area contributed by atoms with E-state index in [1.165, 1.54) is 11.8 Å². The van der Waals surface area contributed by atoms with Gasteiger partial charge in [-0.05, 0) is 19.1 Å². The number of aromatic nitrogens is 2. The third-order valence-electron chi connectivity index (χ3n) is 2.78. The molecule has 1 rings (SSSR count). The summed E-state index contributed by atoms with van der Waals surface area (Å²) in [5, 5.41) is 1.21. The minimum atomic E-state index is 0.417. The molecular weight excluding hydrogens is 242 g/mol. The maximum Gasteiger partial charge on any atom is 0.190 e. The molecule has 0 aliphatic carbocycles. The summed E-state index contributed by atoms with van der Waals surface area (Å²) in [7, 11) is 2.04. The van der Waals surface area contributed by atoms with Gasteiger partial charge in [0.2, 0.25) is 0 Å². The standard InChI is InChI=1S/C11H18ClN3S/c1-7(2)8(3)15(4)10-6-9(12)13-11(14-10)16-5/h6-8H,1-5H3. The third kappa shape index (κ3) is 3.25. The van der Waals surface area contributed by atoms with E-state index in [2.05, 4.69) is 35.6 Å². The molecule has 16 heavy (non-hydrogen) atoms. The second-order valence-corrected chi connectivity index (χ2v) is 5.29. The van der Waals surface area contributed by atoms with E-state index in [4.69, 9.17) is 11.6 Å². The molecule has 5 heteroatoms. The first kappa shape index (κ1) is 13.6. The van der Waals surface area contributed by atoms with Gasteiger partial charge in [0.05, 0.1) is 0 Å². The van der Waals surface area contributed by atoms with Crippen molar-refractivity contribution in [2.75, 3.05) is 18.2 Å². The van der Waals surface area contributed by atoms with Gasteiger partial charge < -0.3 is 4.90 Å². The van der Waals surface area contributed by atoms with Crippen LogP contribution in [-0.2, 0) is 0 Å². The largest absolute Gasteiger partial charge is 0.357 e. The van der Waals surface area contributed by atoms with Crippen molar-refractivity contribution >= 4 is 29.2 Å². The van der Waals surface area contributed by atoms with E-state index in [-0.39, 0.29) is 0 Å². The van der Waals surface area contributed by atoms with Crippen LogP contribution in [0.5, 0.6) is 0 Å². The number of thioether (sulfide) groups is 1. The monoisotopic (exact) mass is 259 g/mol. The molecule has 1 aromatic heterocycles. The average Bonchev–Trinajstić information content (AvgIpc) is 2.25. The molecule has 0 spiro atoms. The van der Waals surface area contributed by atoms with Crippen molar-refractivity contribution in [1.82, 2.24) is 9.97 Å². The van der Waals surface area contributed by atoms with Crippen LogP contribution < -0.4 is 4.90 Å². The van der Waals surface area contributed by atoms with Crippen LogP contribution in [0.15, 0.2) is 11.2 Å². The lowest BCUT2D eigenvalue weighted by Crippen LogP contribution is -2.33. The molecule has 0 saturated heterocycles. The molecule has 0 fully saturated rings. The average molecular weight is 260 g/mol. The quantitative estimate of drug-likeness (QED) is 0.471. The van der Waals surface area contributed by atoms with Crippen LogP contribution in [0, 0.1) is 5.92 Å². The van der Waals surface area contributed by atoms with E-state index in [1.54, 1.807) is 6.07 Å². The smallest absolute Gasteiger partial charge is 0.190 e. The zero-order valence-electron chi connectivity index (χ0n) is 10.4. The molecule has 0 aromatic carbocycles. The lowest BCUT2D eigenvalue weighted by atomic mass is 10.1. The Labute approximate surface area is 107 Å². The summed E-state index contributed by atoms with van der Waals surface area (Å²) in [6, 6.07) is 2.22. The van der Waals surface area contributed by atoms with Crippen LogP contribution in [0.25, 0.3) is 0 Å². The number of hydrogen-bond donors (Lipinski definition) is 0. The summed E-state index contributed by atoms with van der Waals surface area (Å²) in [4.78, 5) is 10.7. The van der Waals surface area contributed by atoms with Crippen molar-refractivity contribution in [2.45, 2.75) is 32.0 Å². The van der Waals surface area contributed by atoms with Crippen LogP contribution in [-0.4, -0.2) is 29.3 Å². The Hall–Kier alpha value is -0.480. The first-order valence-electron chi connectivity index (χ1n) is 5.27. The number of rotatable bonds is 4. The lowest BCUT2D eigenvalue weighted by molar-refractivity contribution is 0.501. The molecule has 0 bridgehead atoms. The minimum absolute atomic E-state index is 0.417. The van der Waals surface area contributed by atoms with Crippen molar-refractivity contribution in [2.24, 2.45) is 5.92 Å². The molecule has 1 heterocycles. The fourth-order valence-electron chi connectivity index (χ4n) is 1.31. The Morgan fingerprint density at radius 3 is 2.44 bits per heavy atom. The third-order valence-corrected chi connectivity index (χ3v) is 3.52. The lowest BCUT2D eigenvalue weighted by Gasteiger charge is -2.29. The molecular formula is C11H18ClN3S. The highest BCUT2D eigenvalue weighted by atomic mass is 35.5. The Balaban J connectivity index is 2.98. The second-order valence-electron chi connectivity index (χ2n) is 4.13. The van der Waals surface area contributed by atoms with Crippen LogP contribution in [0.1, 0.15) is 20.8 Å². The zero-order chi connectivity index (χ0) is 12.3. The highest BCUT2D eigenvalue weighted by molar-refractivity contribution is 7.98. The van der Waals surface area contributed by atoms with Crippen molar-refractivity contribution < 1.29 is 0 Å². The van der Waals surface area contributed by atoms with Gasteiger partial charge in [-0.25, -0.2) is 9.97 Å². The molecule has 1 unspecified atom stereocenters. The van der Waals surface area contributed by atoms with Gasteiger partial charge in [-0.3, -0.25) is 0 Å². The van der Waals surface area contributed by atoms with Crippen molar-refractivity contribution in [3.63, 3.8) is 0 Å². The Kier molecular flexibility index (Phi) is 4.87. The van der Waals surface area contributed by atoms with Crippen molar-refractivity contribution in [3.05, 3.63) is 11.2 Å². The number of nitrogens with zero attached hydrogens (tertiary/aromatic N) is 3. The van der Waals surface area contributed by atoms with E-state index in [0.29, 0.717) is 22.3 Å².